The van der Waals surface area contributed by atoms with E-state index in [0.29, 0.717) is 6.42 Å². The minimum absolute atomic E-state index is 0.0360. The van der Waals surface area contributed by atoms with Crippen LogP contribution in [0.5, 0.6) is 0 Å². The molecule has 1 aliphatic carbocycles. The number of likely N-dealkylation sites (tertiary alicyclic amines) is 1. The zero-order valence-corrected chi connectivity index (χ0v) is 11.3. The van der Waals surface area contributed by atoms with Gasteiger partial charge in [-0.25, -0.2) is 0 Å². The second kappa shape index (κ2) is 5.57. The second-order valence-electron chi connectivity index (χ2n) is 6.00. The fraction of sp³-hybridized carbons (Fsp3) is 0.929. The molecule has 2 rings (SSSR count). The molecule has 1 saturated heterocycles. The van der Waals surface area contributed by atoms with Gasteiger partial charge in [0.2, 0.25) is 0 Å². The van der Waals surface area contributed by atoms with Crippen molar-refractivity contribution in [3.8, 4) is 0 Å². The first kappa shape index (κ1) is 13.8. The molecule has 2 fully saturated rings. The van der Waals surface area contributed by atoms with Gasteiger partial charge in [0.05, 0.1) is 6.10 Å². The standard InChI is InChI=1S/C14H25NO3/c1-14(13(17)18)9-5-6-10-15(14)11-7-3-2-4-8-12(11)16/h11-12,16H,2-10H2,1H3,(H,17,18). The first-order chi connectivity index (χ1) is 8.55. The minimum Gasteiger partial charge on any atom is -0.480 e. The fourth-order valence-corrected chi connectivity index (χ4v) is 3.54. The van der Waals surface area contributed by atoms with Crippen LogP contribution in [0.25, 0.3) is 0 Å². The zero-order chi connectivity index (χ0) is 13.2. The molecule has 1 aliphatic heterocycles. The molecular weight excluding hydrogens is 230 g/mol. The Morgan fingerprint density at radius 2 is 1.89 bits per heavy atom. The first-order valence-corrected chi connectivity index (χ1v) is 7.24. The van der Waals surface area contributed by atoms with Crippen LogP contribution in [0.15, 0.2) is 0 Å². The smallest absolute Gasteiger partial charge is 0.323 e. The molecule has 1 heterocycles. The fourth-order valence-electron chi connectivity index (χ4n) is 3.54. The predicted molar refractivity (Wildman–Crippen MR) is 69.5 cm³/mol. The molecule has 0 aromatic rings. The van der Waals surface area contributed by atoms with Crippen LogP contribution in [0.1, 0.15) is 58.3 Å². The summed E-state index contributed by atoms with van der Waals surface area (Å²) in [6.07, 6.45) is 7.44. The van der Waals surface area contributed by atoms with Gasteiger partial charge in [-0.05, 0) is 45.6 Å². The van der Waals surface area contributed by atoms with E-state index in [9.17, 15) is 15.0 Å². The molecule has 2 N–H and O–H groups in total. The van der Waals surface area contributed by atoms with Crippen molar-refractivity contribution in [1.29, 1.82) is 0 Å². The first-order valence-electron chi connectivity index (χ1n) is 7.24. The minimum atomic E-state index is -0.783. The van der Waals surface area contributed by atoms with Crippen LogP contribution in [0.2, 0.25) is 0 Å². The Labute approximate surface area is 109 Å². The zero-order valence-electron chi connectivity index (χ0n) is 11.3. The summed E-state index contributed by atoms with van der Waals surface area (Å²) >= 11 is 0. The lowest BCUT2D eigenvalue weighted by Gasteiger charge is -2.47. The third kappa shape index (κ3) is 2.54. The van der Waals surface area contributed by atoms with E-state index in [2.05, 4.69) is 4.90 Å². The molecule has 3 unspecified atom stereocenters. The van der Waals surface area contributed by atoms with Gasteiger partial charge in [-0.15, -0.1) is 0 Å². The van der Waals surface area contributed by atoms with Crippen LogP contribution in [-0.2, 0) is 4.79 Å². The molecule has 0 spiro atoms. The maximum Gasteiger partial charge on any atom is 0.323 e. The lowest BCUT2D eigenvalue weighted by molar-refractivity contribution is -0.157. The summed E-state index contributed by atoms with van der Waals surface area (Å²) in [6.45, 7) is 2.64. The Balaban J connectivity index is 2.19. The van der Waals surface area contributed by atoms with Crippen LogP contribution >= 0.6 is 0 Å². The van der Waals surface area contributed by atoms with E-state index in [4.69, 9.17) is 0 Å². The molecule has 2 aliphatic rings. The van der Waals surface area contributed by atoms with Crippen LogP contribution in [0.4, 0.5) is 0 Å². The van der Waals surface area contributed by atoms with Crippen molar-refractivity contribution in [2.24, 2.45) is 0 Å². The highest BCUT2D eigenvalue weighted by atomic mass is 16.4. The molecular formula is C14H25NO3. The molecule has 3 atom stereocenters. The number of aliphatic hydroxyl groups is 1. The van der Waals surface area contributed by atoms with Crippen molar-refractivity contribution in [1.82, 2.24) is 4.90 Å². The van der Waals surface area contributed by atoms with E-state index in [1.165, 1.54) is 0 Å². The average molecular weight is 255 g/mol. The van der Waals surface area contributed by atoms with E-state index in [-0.39, 0.29) is 12.1 Å². The number of hydrogen-bond donors (Lipinski definition) is 2. The van der Waals surface area contributed by atoms with Crippen LogP contribution in [0.3, 0.4) is 0 Å². The van der Waals surface area contributed by atoms with Crippen LogP contribution in [0, 0.1) is 0 Å². The quantitative estimate of drug-likeness (QED) is 0.741. The van der Waals surface area contributed by atoms with E-state index in [1.54, 1.807) is 0 Å². The van der Waals surface area contributed by atoms with Crippen molar-refractivity contribution >= 4 is 5.97 Å². The molecule has 0 amide bonds. The largest absolute Gasteiger partial charge is 0.480 e. The van der Waals surface area contributed by atoms with Crippen molar-refractivity contribution in [2.45, 2.75) is 76.0 Å². The molecule has 0 bridgehead atoms. The topological polar surface area (TPSA) is 60.8 Å². The Kier molecular flexibility index (Phi) is 4.28. The normalized spacial score (nSPS) is 39.2. The molecule has 104 valence electrons. The summed E-state index contributed by atoms with van der Waals surface area (Å²) < 4.78 is 0. The van der Waals surface area contributed by atoms with Gasteiger partial charge in [-0.3, -0.25) is 9.69 Å². The van der Waals surface area contributed by atoms with E-state index in [0.717, 1.165) is 51.5 Å². The maximum absolute atomic E-state index is 11.6. The monoisotopic (exact) mass is 255 g/mol. The van der Waals surface area contributed by atoms with Gasteiger partial charge in [-0.2, -0.15) is 0 Å². The Hall–Kier alpha value is -0.610. The van der Waals surface area contributed by atoms with E-state index in [1.807, 2.05) is 6.92 Å². The highest BCUT2D eigenvalue weighted by Gasteiger charge is 2.46. The number of rotatable bonds is 2. The van der Waals surface area contributed by atoms with Crippen LogP contribution < -0.4 is 0 Å². The van der Waals surface area contributed by atoms with Gasteiger partial charge in [-0.1, -0.05) is 19.3 Å². The van der Waals surface area contributed by atoms with E-state index >= 15 is 0 Å². The lowest BCUT2D eigenvalue weighted by Crippen LogP contribution is -2.61. The van der Waals surface area contributed by atoms with Crippen molar-refractivity contribution in [2.75, 3.05) is 6.54 Å². The number of aliphatic hydroxyl groups excluding tert-OH is 1. The number of carboxylic acids is 1. The third-order valence-electron chi connectivity index (χ3n) is 4.75. The Bertz CT molecular complexity index is 307. The van der Waals surface area contributed by atoms with Gasteiger partial charge >= 0.3 is 5.97 Å². The average Bonchev–Trinajstić information content (AvgIpc) is 2.54. The molecule has 0 aromatic heterocycles. The second-order valence-corrected chi connectivity index (χ2v) is 6.00. The van der Waals surface area contributed by atoms with E-state index < -0.39 is 11.5 Å². The number of carbonyl (C=O) groups is 1. The number of nitrogens with zero attached hydrogens (tertiary/aromatic N) is 1. The lowest BCUT2D eigenvalue weighted by atomic mass is 9.85. The van der Waals surface area contributed by atoms with Gasteiger partial charge in [0.1, 0.15) is 5.54 Å². The van der Waals surface area contributed by atoms with Gasteiger partial charge in [0.25, 0.3) is 0 Å². The highest BCUT2D eigenvalue weighted by molar-refractivity contribution is 5.78. The van der Waals surface area contributed by atoms with Gasteiger partial charge in [0, 0.05) is 6.04 Å². The summed E-state index contributed by atoms with van der Waals surface area (Å²) in [5, 5.41) is 19.8. The molecule has 0 radical (unpaired) electrons. The number of piperidine rings is 1. The molecule has 1 saturated carbocycles. The summed E-state index contributed by atoms with van der Waals surface area (Å²) in [7, 11) is 0. The maximum atomic E-state index is 11.6. The van der Waals surface area contributed by atoms with Crippen molar-refractivity contribution in [3.05, 3.63) is 0 Å². The van der Waals surface area contributed by atoms with Crippen molar-refractivity contribution < 1.29 is 15.0 Å². The summed E-state index contributed by atoms with van der Waals surface area (Å²) in [5.41, 5.74) is -0.783. The number of carboxylic acid groups (broad SMARTS) is 1. The summed E-state index contributed by atoms with van der Waals surface area (Å²) in [4.78, 5) is 13.7. The highest BCUT2D eigenvalue weighted by Crippen LogP contribution is 2.34. The molecule has 4 heteroatoms. The summed E-state index contributed by atoms with van der Waals surface area (Å²) in [6, 6.07) is 0.0360. The Morgan fingerprint density at radius 3 is 2.61 bits per heavy atom. The third-order valence-corrected chi connectivity index (χ3v) is 4.75. The van der Waals surface area contributed by atoms with Crippen LogP contribution in [-0.4, -0.2) is 45.3 Å². The molecule has 0 aromatic carbocycles. The molecule has 18 heavy (non-hydrogen) atoms. The predicted octanol–water partition coefficient (Wildman–Crippen LogP) is 2.01. The SMILES string of the molecule is CC1(C(=O)O)CCCCN1C1CCCCCC1O. The van der Waals surface area contributed by atoms with Gasteiger partial charge < -0.3 is 10.2 Å². The van der Waals surface area contributed by atoms with Gasteiger partial charge in [0.15, 0.2) is 0 Å². The Morgan fingerprint density at radius 1 is 1.17 bits per heavy atom. The van der Waals surface area contributed by atoms with Crippen molar-refractivity contribution in [3.63, 3.8) is 0 Å². The summed E-state index contributed by atoms with van der Waals surface area (Å²) in [5.74, 6) is -0.737. The number of hydrogen-bond acceptors (Lipinski definition) is 3. The number of aliphatic carboxylic acids is 1. The molecule has 4 nitrogen and oxygen atoms in total.